The van der Waals surface area contributed by atoms with Crippen molar-refractivity contribution < 1.29 is 9.53 Å². The highest BCUT2D eigenvalue weighted by molar-refractivity contribution is 6.27. The molecule has 0 fully saturated rings. The number of carbonyl (C=O) groups is 1. The summed E-state index contributed by atoms with van der Waals surface area (Å²) in [6.07, 6.45) is 0.906. The summed E-state index contributed by atoms with van der Waals surface area (Å²) in [5.74, 6) is 0.638. The molecule has 1 amide bonds. The van der Waals surface area contributed by atoms with Gasteiger partial charge in [0, 0.05) is 0 Å². The summed E-state index contributed by atoms with van der Waals surface area (Å²) in [4.78, 5) is 11.0. The second kappa shape index (κ2) is 7.17. The van der Waals surface area contributed by atoms with E-state index in [4.69, 9.17) is 16.3 Å². The van der Waals surface area contributed by atoms with Gasteiger partial charge in [0.2, 0.25) is 5.91 Å². The lowest BCUT2D eigenvalue weighted by Crippen LogP contribution is -2.34. The molecule has 0 aliphatic rings. The van der Waals surface area contributed by atoms with Crippen molar-refractivity contribution in [3.05, 3.63) is 29.8 Å². The molecule has 1 rings (SSSR count). The van der Waals surface area contributed by atoms with Crippen LogP contribution in [-0.2, 0) is 11.2 Å². The molecule has 3 nitrogen and oxygen atoms in total. The van der Waals surface area contributed by atoms with Gasteiger partial charge in [0.15, 0.2) is 0 Å². The smallest absolute Gasteiger partial charge is 0.235 e. The van der Waals surface area contributed by atoms with Gasteiger partial charge < -0.3 is 10.1 Å². The maximum Gasteiger partial charge on any atom is 0.235 e. The van der Waals surface area contributed by atoms with Gasteiger partial charge in [-0.15, -0.1) is 11.6 Å². The van der Waals surface area contributed by atoms with Gasteiger partial charge in [-0.25, -0.2) is 0 Å². The lowest BCUT2D eigenvalue weighted by Gasteiger charge is -2.15. The molecule has 4 heteroatoms. The van der Waals surface area contributed by atoms with E-state index in [1.165, 1.54) is 5.56 Å². The molecule has 0 bridgehead atoms. The molecule has 0 aliphatic heterocycles. The van der Waals surface area contributed by atoms with Gasteiger partial charge in [0.1, 0.15) is 17.7 Å². The summed E-state index contributed by atoms with van der Waals surface area (Å²) in [6.45, 7) is 4.47. The standard InChI is InChI=1S/C13H18ClNO2/c1-3-11-5-4-6-12(7-11)17-10(2)9-15-13(16)8-14/h4-7,10H,3,8-9H2,1-2H3,(H,15,16). The number of nitrogens with one attached hydrogen (secondary N) is 1. The first kappa shape index (κ1) is 13.8. The molecule has 94 valence electrons. The average Bonchev–Trinajstić information content (AvgIpc) is 2.36. The van der Waals surface area contributed by atoms with Crippen LogP contribution in [0.5, 0.6) is 5.75 Å². The third-order valence-electron chi connectivity index (χ3n) is 2.35. The molecule has 1 aromatic carbocycles. The highest BCUT2D eigenvalue weighted by atomic mass is 35.5. The molecule has 0 heterocycles. The number of amides is 1. The summed E-state index contributed by atoms with van der Waals surface area (Å²) in [7, 11) is 0. The van der Waals surface area contributed by atoms with Crippen molar-refractivity contribution in [2.24, 2.45) is 0 Å². The number of carbonyl (C=O) groups excluding carboxylic acids is 1. The third-order valence-corrected chi connectivity index (χ3v) is 2.59. The Morgan fingerprint density at radius 2 is 2.29 bits per heavy atom. The minimum atomic E-state index is -0.176. The van der Waals surface area contributed by atoms with E-state index in [1.807, 2.05) is 25.1 Å². The van der Waals surface area contributed by atoms with Gasteiger partial charge in [-0.05, 0) is 31.0 Å². The zero-order chi connectivity index (χ0) is 12.7. The number of halogens is 1. The van der Waals surface area contributed by atoms with Crippen LogP contribution in [0.1, 0.15) is 19.4 Å². The zero-order valence-corrected chi connectivity index (χ0v) is 11.0. The quantitative estimate of drug-likeness (QED) is 0.793. The van der Waals surface area contributed by atoms with Crippen molar-refractivity contribution in [1.29, 1.82) is 0 Å². The molecule has 1 N–H and O–H groups in total. The second-order valence-electron chi connectivity index (χ2n) is 3.87. The topological polar surface area (TPSA) is 38.3 Å². The molecule has 0 aliphatic carbocycles. The lowest BCUT2D eigenvalue weighted by atomic mass is 10.2. The number of benzene rings is 1. The Morgan fingerprint density at radius 1 is 1.53 bits per heavy atom. The van der Waals surface area contributed by atoms with Gasteiger partial charge in [0.25, 0.3) is 0 Å². The minimum absolute atomic E-state index is 0.0158. The Morgan fingerprint density at radius 3 is 2.94 bits per heavy atom. The van der Waals surface area contributed by atoms with Crippen molar-refractivity contribution in [2.75, 3.05) is 12.4 Å². The first-order valence-corrected chi connectivity index (χ1v) is 6.27. The summed E-state index contributed by atoms with van der Waals surface area (Å²) in [6, 6.07) is 7.96. The fourth-order valence-electron chi connectivity index (χ4n) is 1.42. The number of ether oxygens (including phenoxy) is 1. The molecule has 0 radical (unpaired) electrons. The van der Waals surface area contributed by atoms with Gasteiger partial charge in [-0.3, -0.25) is 4.79 Å². The Labute approximate surface area is 107 Å². The minimum Gasteiger partial charge on any atom is -0.489 e. The third kappa shape index (κ3) is 5.09. The Hall–Kier alpha value is -1.22. The first-order chi connectivity index (χ1) is 8.15. The van der Waals surface area contributed by atoms with Crippen LogP contribution in [0.25, 0.3) is 0 Å². The van der Waals surface area contributed by atoms with Crippen LogP contribution in [0.2, 0.25) is 0 Å². The molecule has 1 aromatic rings. The average molecular weight is 256 g/mol. The van der Waals surface area contributed by atoms with E-state index in [1.54, 1.807) is 0 Å². The van der Waals surface area contributed by atoms with Crippen LogP contribution in [-0.4, -0.2) is 24.4 Å². The summed E-state index contributed by atoms with van der Waals surface area (Å²) >= 11 is 5.38. The fraction of sp³-hybridized carbons (Fsp3) is 0.462. The largest absolute Gasteiger partial charge is 0.489 e. The van der Waals surface area contributed by atoms with E-state index < -0.39 is 0 Å². The van der Waals surface area contributed by atoms with Gasteiger partial charge in [0.05, 0.1) is 6.54 Å². The number of alkyl halides is 1. The van der Waals surface area contributed by atoms with Gasteiger partial charge in [-0.1, -0.05) is 19.1 Å². The molecule has 0 saturated heterocycles. The highest BCUT2D eigenvalue weighted by Gasteiger charge is 2.06. The van der Waals surface area contributed by atoms with Crippen LogP contribution >= 0.6 is 11.6 Å². The molecule has 17 heavy (non-hydrogen) atoms. The van der Waals surface area contributed by atoms with Crippen molar-refractivity contribution in [1.82, 2.24) is 5.32 Å². The normalized spacial score (nSPS) is 11.9. The van der Waals surface area contributed by atoms with E-state index in [0.717, 1.165) is 12.2 Å². The maximum atomic E-state index is 11.0. The molecule has 0 aromatic heterocycles. The molecule has 1 atom stereocenters. The van der Waals surface area contributed by atoms with Crippen molar-refractivity contribution in [3.63, 3.8) is 0 Å². The van der Waals surface area contributed by atoms with Crippen LogP contribution in [0.15, 0.2) is 24.3 Å². The van der Waals surface area contributed by atoms with Crippen LogP contribution in [0.3, 0.4) is 0 Å². The maximum absolute atomic E-state index is 11.0. The summed E-state index contributed by atoms with van der Waals surface area (Å²) in [5.41, 5.74) is 1.24. The van der Waals surface area contributed by atoms with Gasteiger partial charge in [-0.2, -0.15) is 0 Å². The van der Waals surface area contributed by atoms with Gasteiger partial charge >= 0.3 is 0 Å². The zero-order valence-electron chi connectivity index (χ0n) is 10.2. The predicted octanol–water partition coefficient (Wildman–Crippen LogP) is 2.37. The van der Waals surface area contributed by atoms with E-state index >= 15 is 0 Å². The number of rotatable bonds is 6. The van der Waals surface area contributed by atoms with Crippen LogP contribution in [0.4, 0.5) is 0 Å². The highest BCUT2D eigenvalue weighted by Crippen LogP contribution is 2.15. The Balaban J connectivity index is 2.44. The monoisotopic (exact) mass is 255 g/mol. The second-order valence-corrected chi connectivity index (χ2v) is 4.13. The van der Waals surface area contributed by atoms with E-state index in [9.17, 15) is 4.79 Å². The van der Waals surface area contributed by atoms with Crippen molar-refractivity contribution >= 4 is 17.5 Å². The first-order valence-electron chi connectivity index (χ1n) is 5.74. The number of hydrogen-bond acceptors (Lipinski definition) is 2. The van der Waals surface area contributed by atoms with E-state index in [2.05, 4.69) is 18.3 Å². The summed E-state index contributed by atoms with van der Waals surface area (Å²) in [5, 5.41) is 2.69. The molecule has 0 spiro atoms. The SMILES string of the molecule is CCc1cccc(OC(C)CNC(=O)CCl)c1. The lowest BCUT2D eigenvalue weighted by molar-refractivity contribution is -0.119. The molecule has 1 unspecified atom stereocenters. The summed E-state index contributed by atoms with van der Waals surface area (Å²) < 4.78 is 5.69. The fourth-order valence-corrected chi connectivity index (χ4v) is 1.51. The number of hydrogen-bond donors (Lipinski definition) is 1. The number of aryl methyl sites for hydroxylation is 1. The van der Waals surface area contributed by atoms with Crippen molar-refractivity contribution in [3.8, 4) is 5.75 Å². The molecular weight excluding hydrogens is 238 g/mol. The predicted molar refractivity (Wildman–Crippen MR) is 69.6 cm³/mol. The Kier molecular flexibility index (Phi) is 5.84. The molecule has 0 saturated carbocycles. The van der Waals surface area contributed by atoms with Crippen LogP contribution in [0, 0.1) is 0 Å². The van der Waals surface area contributed by atoms with E-state index in [0.29, 0.717) is 6.54 Å². The van der Waals surface area contributed by atoms with Crippen molar-refractivity contribution in [2.45, 2.75) is 26.4 Å². The van der Waals surface area contributed by atoms with E-state index in [-0.39, 0.29) is 17.9 Å². The Bertz CT molecular complexity index is 368. The molecular formula is C13H18ClNO2. The van der Waals surface area contributed by atoms with Crippen LogP contribution < -0.4 is 10.1 Å².